The van der Waals surface area contributed by atoms with Crippen molar-refractivity contribution in [1.82, 2.24) is 10.2 Å². The van der Waals surface area contributed by atoms with E-state index < -0.39 is 0 Å². The Morgan fingerprint density at radius 3 is 2.45 bits per heavy atom. The molecule has 1 unspecified atom stereocenters. The molecule has 1 N–H and O–H groups in total. The van der Waals surface area contributed by atoms with E-state index in [1.165, 1.54) is 6.42 Å². The summed E-state index contributed by atoms with van der Waals surface area (Å²) in [5.74, 6) is 0.989. The van der Waals surface area contributed by atoms with Gasteiger partial charge < -0.3 is 15.0 Å². The van der Waals surface area contributed by atoms with Gasteiger partial charge in [0.15, 0.2) is 5.96 Å². The minimum Gasteiger partial charge on any atom is -0.466 e. The molecule has 0 aromatic heterocycles. The number of carbonyl (C=O) groups excluding carboxylic acids is 1. The van der Waals surface area contributed by atoms with Gasteiger partial charge in [-0.2, -0.15) is 0 Å². The van der Waals surface area contributed by atoms with E-state index >= 15 is 0 Å². The van der Waals surface area contributed by atoms with Crippen molar-refractivity contribution in [3.8, 4) is 0 Å². The fourth-order valence-corrected chi connectivity index (χ4v) is 2.75. The first-order valence-corrected chi connectivity index (χ1v) is 7.63. The van der Waals surface area contributed by atoms with Crippen molar-refractivity contribution >= 4 is 11.9 Å². The summed E-state index contributed by atoms with van der Waals surface area (Å²) < 4.78 is 5.10. The molecule has 5 nitrogen and oxygen atoms in total. The zero-order chi connectivity index (χ0) is 14.8. The van der Waals surface area contributed by atoms with Crippen LogP contribution in [0.25, 0.3) is 0 Å². The number of carbonyl (C=O) groups is 1. The highest BCUT2D eigenvalue weighted by atomic mass is 16.5. The highest BCUT2D eigenvalue weighted by molar-refractivity contribution is 5.81. The van der Waals surface area contributed by atoms with E-state index in [2.05, 4.69) is 29.1 Å². The number of hydrogen-bond donors (Lipinski definition) is 1. The van der Waals surface area contributed by atoms with Crippen LogP contribution in [-0.2, 0) is 9.53 Å². The molecule has 0 spiro atoms. The second-order valence-corrected chi connectivity index (χ2v) is 6.45. The van der Waals surface area contributed by atoms with Crippen LogP contribution in [0.2, 0.25) is 0 Å². The number of aliphatic imine (C=N–C) groups is 1. The number of rotatable bonds is 3. The van der Waals surface area contributed by atoms with Gasteiger partial charge in [0.1, 0.15) is 0 Å². The first kappa shape index (κ1) is 15.1. The lowest BCUT2D eigenvalue weighted by molar-refractivity contribution is -0.149. The Hall–Kier alpha value is -1.26. The molecule has 1 heterocycles. The number of nitrogens with zero attached hydrogens (tertiary/aromatic N) is 2. The molecule has 5 heteroatoms. The lowest BCUT2D eigenvalue weighted by Crippen LogP contribution is -2.47. The molecule has 1 aliphatic heterocycles. The van der Waals surface area contributed by atoms with Crippen LogP contribution >= 0.6 is 0 Å². The topological polar surface area (TPSA) is 53.9 Å². The van der Waals surface area contributed by atoms with Gasteiger partial charge in [0.05, 0.1) is 12.5 Å². The van der Waals surface area contributed by atoms with Crippen LogP contribution in [0.1, 0.15) is 40.0 Å². The molecule has 1 saturated heterocycles. The number of ether oxygens (including phenoxy) is 1. The Labute approximate surface area is 121 Å². The first-order valence-electron chi connectivity index (χ1n) is 7.63. The lowest BCUT2D eigenvalue weighted by atomic mass is 9.97. The van der Waals surface area contributed by atoms with Crippen LogP contribution in [0.15, 0.2) is 4.99 Å². The molecular weight excluding hydrogens is 254 g/mol. The van der Waals surface area contributed by atoms with E-state index in [0.717, 1.165) is 31.9 Å². The van der Waals surface area contributed by atoms with Gasteiger partial charge in [-0.15, -0.1) is 0 Å². The predicted molar refractivity (Wildman–Crippen MR) is 79.6 cm³/mol. The Morgan fingerprint density at radius 1 is 1.40 bits per heavy atom. The number of nitrogens with one attached hydrogen (secondary N) is 1. The van der Waals surface area contributed by atoms with Crippen molar-refractivity contribution in [2.24, 2.45) is 16.3 Å². The summed E-state index contributed by atoms with van der Waals surface area (Å²) >= 11 is 0. The van der Waals surface area contributed by atoms with Gasteiger partial charge in [0, 0.05) is 26.2 Å². The van der Waals surface area contributed by atoms with Crippen molar-refractivity contribution in [3.05, 3.63) is 0 Å². The average molecular weight is 281 g/mol. The molecular formula is C15H27N3O2. The van der Waals surface area contributed by atoms with E-state index in [-0.39, 0.29) is 11.9 Å². The molecule has 1 saturated carbocycles. The quantitative estimate of drug-likeness (QED) is 0.485. The van der Waals surface area contributed by atoms with E-state index in [4.69, 9.17) is 4.74 Å². The molecule has 0 aromatic carbocycles. The SMILES string of the molecule is CCOC(=O)C1CCN(C(=NC)NC2CC2(C)C)CC1. The number of hydrogen-bond acceptors (Lipinski definition) is 3. The predicted octanol–water partition coefficient (Wildman–Crippen LogP) is 1.64. The molecule has 2 aliphatic rings. The smallest absolute Gasteiger partial charge is 0.309 e. The Kier molecular flexibility index (Phi) is 4.55. The zero-order valence-corrected chi connectivity index (χ0v) is 13.1. The molecule has 114 valence electrons. The van der Waals surface area contributed by atoms with Gasteiger partial charge in [-0.3, -0.25) is 9.79 Å². The summed E-state index contributed by atoms with van der Waals surface area (Å²) in [7, 11) is 1.83. The van der Waals surface area contributed by atoms with Crippen molar-refractivity contribution < 1.29 is 9.53 Å². The summed E-state index contributed by atoms with van der Waals surface area (Å²) in [5, 5.41) is 3.53. The fraction of sp³-hybridized carbons (Fsp3) is 0.867. The molecule has 2 rings (SSSR count). The first-order chi connectivity index (χ1) is 9.47. The van der Waals surface area contributed by atoms with E-state index in [0.29, 0.717) is 18.1 Å². The van der Waals surface area contributed by atoms with E-state index in [1.54, 1.807) is 0 Å². The minimum atomic E-state index is -0.0431. The number of piperidine rings is 1. The highest BCUT2D eigenvalue weighted by Crippen LogP contribution is 2.44. The van der Waals surface area contributed by atoms with Crippen LogP contribution in [-0.4, -0.2) is 49.6 Å². The van der Waals surface area contributed by atoms with E-state index in [1.807, 2.05) is 14.0 Å². The second-order valence-electron chi connectivity index (χ2n) is 6.45. The maximum atomic E-state index is 11.7. The van der Waals surface area contributed by atoms with Crippen molar-refractivity contribution in [2.45, 2.75) is 46.1 Å². The maximum Gasteiger partial charge on any atom is 0.309 e. The van der Waals surface area contributed by atoms with Crippen LogP contribution in [0.3, 0.4) is 0 Å². The van der Waals surface area contributed by atoms with Crippen LogP contribution in [0.4, 0.5) is 0 Å². The molecule has 0 radical (unpaired) electrons. The van der Waals surface area contributed by atoms with Crippen LogP contribution < -0.4 is 5.32 Å². The summed E-state index contributed by atoms with van der Waals surface area (Å²) in [6.45, 7) is 8.61. The molecule has 0 bridgehead atoms. The standard InChI is InChI=1S/C15H27N3O2/c1-5-20-13(19)11-6-8-18(9-7-11)14(16-4)17-12-10-15(12,2)3/h11-12H,5-10H2,1-4H3,(H,16,17). The molecule has 1 aliphatic carbocycles. The van der Waals surface area contributed by atoms with Crippen molar-refractivity contribution in [1.29, 1.82) is 0 Å². The summed E-state index contributed by atoms with van der Waals surface area (Å²) in [5.41, 5.74) is 0.388. The summed E-state index contributed by atoms with van der Waals surface area (Å²) in [6.07, 6.45) is 2.91. The van der Waals surface area contributed by atoms with Gasteiger partial charge in [-0.1, -0.05) is 13.8 Å². The maximum absolute atomic E-state index is 11.7. The monoisotopic (exact) mass is 281 g/mol. The Morgan fingerprint density at radius 2 is 2.00 bits per heavy atom. The van der Waals surface area contributed by atoms with Gasteiger partial charge in [-0.25, -0.2) is 0 Å². The zero-order valence-electron chi connectivity index (χ0n) is 13.1. The molecule has 1 atom stereocenters. The summed E-state index contributed by atoms with van der Waals surface area (Å²) in [4.78, 5) is 18.4. The number of likely N-dealkylation sites (tertiary alicyclic amines) is 1. The van der Waals surface area contributed by atoms with Crippen molar-refractivity contribution in [3.63, 3.8) is 0 Å². The highest BCUT2D eigenvalue weighted by Gasteiger charge is 2.46. The molecule has 2 fully saturated rings. The summed E-state index contributed by atoms with van der Waals surface area (Å²) in [6, 6.07) is 0.531. The van der Waals surface area contributed by atoms with Gasteiger partial charge in [0.2, 0.25) is 0 Å². The average Bonchev–Trinajstić information content (AvgIpc) is 3.03. The Bertz CT molecular complexity index is 385. The minimum absolute atomic E-state index is 0.0431. The van der Waals surface area contributed by atoms with Crippen LogP contribution in [0, 0.1) is 11.3 Å². The van der Waals surface area contributed by atoms with Crippen LogP contribution in [0.5, 0.6) is 0 Å². The van der Waals surface area contributed by atoms with Gasteiger partial charge >= 0.3 is 5.97 Å². The normalized spacial score (nSPS) is 26.3. The largest absolute Gasteiger partial charge is 0.466 e. The van der Waals surface area contributed by atoms with Crippen molar-refractivity contribution in [2.75, 3.05) is 26.7 Å². The second kappa shape index (κ2) is 6.02. The third kappa shape index (κ3) is 3.44. The third-order valence-corrected chi connectivity index (χ3v) is 4.44. The lowest BCUT2D eigenvalue weighted by Gasteiger charge is -2.33. The molecule has 0 aromatic rings. The molecule has 20 heavy (non-hydrogen) atoms. The van der Waals surface area contributed by atoms with Gasteiger partial charge in [0.25, 0.3) is 0 Å². The number of esters is 1. The van der Waals surface area contributed by atoms with E-state index in [9.17, 15) is 4.79 Å². The molecule has 0 amide bonds. The number of guanidine groups is 1. The fourth-order valence-electron chi connectivity index (χ4n) is 2.75. The van der Waals surface area contributed by atoms with Gasteiger partial charge in [-0.05, 0) is 31.6 Å². The Balaban J connectivity index is 1.81. The third-order valence-electron chi connectivity index (χ3n) is 4.44.